The third-order valence-corrected chi connectivity index (χ3v) is 9.48. The highest BCUT2D eigenvalue weighted by molar-refractivity contribution is 5.81. The third kappa shape index (κ3) is 1.53. The summed E-state index contributed by atoms with van der Waals surface area (Å²) in [6.07, 6.45) is 5.05. The Morgan fingerprint density at radius 2 is 2.07 bits per heavy atom. The van der Waals surface area contributed by atoms with E-state index in [9.17, 15) is 4.79 Å². The molecule has 150 valence electrons. The zero-order valence-electron chi connectivity index (χ0n) is 17.3. The smallest absolute Gasteiger partial charge is 0.165 e. The Balaban J connectivity index is 1.69. The van der Waals surface area contributed by atoms with E-state index in [-0.39, 0.29) is 28.6 Å². The average Bonchev–Trinajstić information content (AvgIpc) is 3.07. The third-order valence-electron chi connectivity index (χ3n) is 9.48. The van der Waals surface area contributed by atoms with E-state index in [0.717, 1.165) is 50.1 Å². The molecule has 5 heteroatoms. The molecule has 7 rings (SSSR count). The van der Waals surface area contributed by atoms with Crippen LogP contribution in [0.25, 0.3) is 0 Å². The fourth-order valence-electron chi connectivity index (χ4n) is 8.47. The van der Waals surface area contributed by atoms with Crippen molar-refractivity contribution in [1.82, 2.24) is 0 Å². The summed E-state index contributed by atoms with van der Waals surface area (Å²) < 4.78 is 18.8. The van der Waals surface area contributed by atoms with E-state index in [0.29, 0.717) is 6.04 Å². The molecule has 1 unspecified atom stereocenters. The van der Waals surface area contributed by atoms with Gasteiger partial charge in [0.2, 0.25) is 0 Å². The van der Waals surface area contributed by atoms with Crippen LogP contribution in [0.2, 0.25) is 0 Å². The van der Waals surface area contributed by atoms with Gasteiger partial charge in [0.1, 0.15) is 17.5 Å². The minimum Gasteiger partial charge on any atom is -0.493 e. The molecule has 0 amide bonds. The van der Waals surface area contributed by atoms with Crippen molar-refractivity contribution in [3.8, 4) is 11.5 Å². The van der Waals surface area contributed by atoms with Crippen LogP contribution >= 0.6 is 0 Å². The van der Waals surface area contributed by atoms with Gasteiger partial charge in [0, 0.05) is 30.9 Å². The van der Waals surface area contributed by atoms with Gasteiger partial charge in [-0.2, -0.15) is 0 Å². The Morgan fingerprint density at radius 3 is 2.79 bits per heavy atom. The van der Waals surface area contributed by atoms with Gasteiger partial charge in [0.05, 0.1) is 38.1 Å². The lowest BCUT2D eigenvalue weighted by Crippen LogP contribution is -3.18. The monoisotopic (exact) mass is 384 g/mol. The van der Waals surface area contributed by atoms with Crippen molar-refractivity contribution in [3.05, 3.63) is 23.3 Å². The van der Waals surface area contributed by atoms with Gasteiger partial charge in [-0.15, -0.1) is 0 Å². The van der Waals surface area contributed by atoms with Crippen molar-refractivity contribution in [3.63, 3.8) is 0 Å². The molecule has 3 saturated carbocycles. The zero-order valence-corrected chi connectivity index (χ0v) is 17.3. The topological polar surface area (TPSA) is 49.2 Å². The van der Waals surface area contributed by atoms with E-state index in [2.05, 4.69) is 19.2 Å². The number of hydrogen-bond donors (Lipinski definition) is 1. The number of hydrogen-bond acceptors (Lipinski definition) is 4. The standard InChI is InChI=1S/C23H29NO4/c1-13(25)15-12-21-7-8-23(15,27-4)20-22(21)9-10-24(2)17(21)11-14-5-6-16(26-3)19(28-20)18(14)22/h5-6,15,17,20H,7-12H2,1-4H3/p+1/t15-,17+,20+,21+,22-,23+/m0/s1. The molecule has 2 aliphatic heterocycles. The molecule has 28 heavy (non-hydrogen) atoms. The van der Waals surface area contributed by atoms with E-state index in [1.807, 2.05) is 0 Å². The van der Waals surface area contributed by atoms with E-state index < -0.39 is 5.60 Å². The minimum atomic E-state index is -0.526. The van der Waals surface area contributed by atoms with Crippen molar-refractivity contribution >= 4 is 5.78 Å². The van der Waals surface area contributed by atoms with E-state index in [1.165, 1.54) is 11.1 Å². The van der Waals surface area contributed by atoms with Gasteiger partial charge in [0.25, 0.3) is 0 Å². The van der Waals surface area contributed by atoms with Crippen LogP contribution in [0, 0.1) is 11.3 Å². The highest BCUT2D eigenvalue weighted by Gasteiger charge is 2.82. The van der Waals surface area contributed by atoms with Crippen molar-refractivity contribution in [2.24, 2.45) is 11.3 Å². The molecular formula is C23H30NO4+. The summed E-state index contributed by atoms with van der Waals surface area (Å²) >= 11 is 0. The molecule has 4 aliphatic carbocycles. The number of quaternary nitrogens is 1. The van der Waals surface area contributed by atoms with Crippen molar-refractivity contribution in [1.29, 1.82) is 0 Å². The molecule has 1 N–H and O–H groups in total. The lowest BCUT2D eigenvalue weighted by Gasteiger charge is -2.71. The first-order valence-electron chi connectivity index (χ1n) is 10.7. The van der Waals surface area contributed by atoms with Crippen LogP contribution < -0.4 is 14.4 Å². The van der Waals surface area contributed by atoms with Crippen molar-refractivity contribution in [2.45, 2.75) is 62.2 Å². The molecule has 4 fully saturated rings. The second kappa shape index (κ2) is 5.11. The van der Waals surface area contributed by atoms with Gasteiger partial charge in [-0.05, 0) is 37.8 Å². The summed E-state index contributed by atoms with van der Waals surface area (Å²) in [7, 11) is 5.86. The van der Waals surface area contributed by atoms with Crippen LogP contribution in [0.5, 0.6) is 11.5 Å². The molecule has 7 atom stereocenters. The molecule has 1 saturated heterocycles. The molecule has 1 aromatic carbocycles. The van der Waals surface area contributed by atoms with Crippen LogP contribution in [0.4, 0.5) is 0 Å². The highest BCUT2D eigenvalue weighted by Crippen LogP contribution is 2.75. The number of Topliss-reactive ketones (excluding diaryl/α,β-unsaturated/α-hetero) is 1. The van der Waals surface area contributed by atoms with E-state index in [1.54, 1.807) is 26.0 Å². The van der Waals surface area contributed by atoms with Gasteiger partial charge < -0.3 is 19.1 Å². The Kier molecular flexibility index (Phi) is 3.16. The first-order valence-corrected chi connectivity index (χ1v) is 10.7. The number of ether oxygens (including phenoxy) is 3. The number of carbonyl (C=O) groups excluding carboxylic acids is 1. The Hall–Kier alpha value is -1.59. The first-order chi connectivity index (χ1) is 13.4. The molecule has 2 spiro atoms. The first kappa shape index (κ1) is 17.3. The summed E-state index contributed by atoms with van der Waals surface area (Å²) in [4.78, 5) is 14.5. The number of methoxy groups -OCH3 is 2. The molecular weight excluding hydrogens is 354 g/mol. The number of benzene rings is 1. The summed E-state index contributed by atoms with van der Waals surface area (Å²) in [5.41, 5.74) is 2.35. The summed E-state index contributed by atoms with van der Waals surface area (Å²) in [5, 5.41) is 0. The molecule has 4 bridgehead atoms. The number of ketones is 1. The van der Waals surface area contributed by atoms with Crippen LogP contribution in [0.1, 0.15) is 43.7 Å². The average molecular weight is 384 g/mol. The maximum Gasteiger partial charge on any atom is 0.165 e. The van der Waals surface area contributed by atoms with Gasteiger partial charge in [0.15, 0.2) is 11.5 Å². The summed E-state index contributed by atoms with van der Waals surface area (Å²) in [5.74, 6) is 1.93. The molecule has 1 aromatic rings. The number of fused-ring (bicyclic) bond motifs is 2. The number of likely N-dealkylation sites (tertiary alicyclic amines) is 1. The quantitative estimate of drug-likeness (QED) is 0.854. The largest absolute Gasteiger partial charge is 0.493 e. The number of nitrogens with one attached hydrogen (secondary N) is 1. The molecule has 6 aliphatic rings. The molecule has 0 radical (unpaired) electrons. The minimum absolute atomic E-state index is 0.0468. The van der Waals surface area contributed by atoms with Gasteiger partial charge >= 0.3 is 0 Å². The van der Waals surface area contributed by atoms with E-state index in [4.69, 9.17) is 14.2 Å². The summed E-state index contributed by atoms with van der Waals surface area (Å²) in [6.45, 7) is 2.89. The predicted molar refractivity (Wildman–Crippen MR) is 103 cm³/mol. The van der Waals surface area contributed by atoms with Crippen LogP contribution in [0.3, 0.4) is 0 Å². The Labute approximate surface area is 166 Å². The second-order valence-electron chi connectivity index (χ2n) is 9.89. The maximum absolute atomic E-state index is 12.8. The molecule has 0 aromatic heterocycles. The molecule has 2 heterocycles. The number of carbonyl (C=O) groups is 1. The Morgan fingerprint density at radius 1 is 1.25 bits per heavy atom. The fourth-order valence-corrected chi connectivity index (χ4v) is 8.47. The van der Waals surface area contributed by atoms with Crippen LogP contribution in [-0.4, -0.2) is 51.3 Å². The maximum atomic E-state index is 12.8. The Bertz CT molecular complexity index is 899. The van der Waals surface area contributed by atoms with Gasteiger partial charge in [-0.25, -0.2) is 0 Å². The SMILES string of the molecule is COc1ccc2c3c1O[C@H]1[C@@]4(OC)CC[C@@]5(C[C@H]4C(C)=O)[C@@H](C2)[NH+](C)CC[C@]315. The fraction of sp³-hybridized carbons (Fsp3) is 0.696. The second-order valence-corrected chi connectivity index (χ2v) is 9.89. The van der Waals surface area contributed by atoms with Crippen LogP contribution in [0.15, 0.2) is 12.1 Å². The number of likely N-dealkylation sites (N-methyl/N-ethyl adjacent to an activating group) is 1. The predicted octanol–water partition coefficient (Wildman–Crippen LogP) is 1.31. The normalized spacial score (nSPS) is 46.7. The van der Waals surface area contributed by atoms with Crippen molar-refractivity contribution < 1.29 is 23.9 Å². The summed E-state index contributed by atoms with van der Waals surface area (Å²) in [6, 6.07) is 4.86. The number of piperidine rings is 1. The zero-order chi connectivity index (χ0) is 19.5. The van der Waals surface area contributed by atoms with Crippen LogP contribution in [-0.2, 0) is 21.4 Å². The molecule has 5 nitrogen and oxygen atoms in total. The van der Waals surface area contributed by atoms with Gasteiger partial charge in [-0.1, -0.05) is 6.07 Å². The highest BCUT2D eigenvalue weighted by atomic mass is 16.6. The lowest BCUT2D eigenvalue weighted by atomic mass is 9.34. The number of rotatable bonds is 3. The van der Waals surface area contributed by atoms with E-state index >= 15 is 0 Å². The lowest BCUT2D eigenvalue weighted by molar-refractivity contribution is -0.925. The van der Waals surface area contributed by atoms with Gasteiger partial charge in [-0.3, -0.25) is 4.79 Å². The van der Waals surface area contributed by atoms with Crippen molar-refractivity contribution in [2.75, 3.05) is 27.8 Å².